The first-order valence-electron chi connectivity index (χ1n) is 4.72. The fourth-order valence-corrected chi connectivity index (χ4v) is 1.65. The van der Waals surface area contributed by atoms with Crippen molar-refractivity contribution in [2.24, 2.45) is 0 Å². The normalized spacial score (nSPS) is 16.4. The Morgan fingerprint density at radius 3 is 2.50 bits per heavy atom. The molecule has 1 N–H and O–H groups in total. The zero-order valence-corrected chi connectivity index (χ0v) is 8.21. The molecule has 0 atom stereocenters. The number of hydrogen-bond acceptors (Lipinski definition) is 1. The van der Waals surface area contributed by atoms with Gasteiger partial charge < -0.3 is 5.32 Å². The van der Waals surface area contributed by atoms with E-state index >= 15 is 0 Å². The lowest BCUT2D eigenvalue weighted by Crippen LogP contribution is -2.29. The van der Waals surface area contributed by atoms with Crippen LogP contribution in [0.1, 0.15) is 5.56 Å². The van der Waals surface area contributed by atoms with E-state index in [0.717, 1.165) is 11.0 Å². The van der Waals surface area contributed by atoms with Gasteiger partial charge in [-0.25, -0.2) is 4.79 Å². The van der Waals surface area contributed by atoms with E-state index in [1.807, 2.05) is 0 Å². The first-order valence-corrected chi connectivity index (χ1v) is 4.72. The summed E-state index contributed by atoms with van der Waals surface area (Å²) in [5.41, 5.74) is -0.878. The quantitative estimate of drug-likeness (QED) is 0.788. The number of halogens is 3. The molecule has 1 aromatic rings. The summed E-state index contributed by atoms with van der Waals surface area (Å²) in [5, 5.41) is 2.47. The number of carbonyl (C=O) groups is 1. The SMILES string of the molecule is O=C1NCCN1c1ccccc1C(F)(F)F. The molecule has 6 heteroatoms. The van der Waals surface area contributed by atoms with Crippen LogP contribution in [0.4, 0.5) is 23.7 Å². The Hall–Kier alpha value is -1.72. The average Bonchev–Trinajstić information content (AvgIpc) is 2.63. The predicted molar refractivity (Wildman–Crippen MR) is 52.2 cm³/mol. The molecule has 1 aliphatic rings. The van der Waals surface area contributed by atoms with Crippen molar-refractivity contribution in [1.29, 1.82) is 0 Å². The lowest BCUT2D eigenvalue weighted by Gasteiger charge is -2.19. The molecule has 0 saturated carbocycles. The summed E-state index contributed by atoms with van der Waals surface area (Å²) in [4.78, 5) is 12.4. The number of alkyl halides is 3. The minimum atomic E-state index is -4.44. The summed E-state index contributed by atoms with van der Waals surface area (Å²) in [6.45, 7) is 0.622. The van der Waals surface area contributed by atoms with Gasteiger partial charge in [-0.15, -0.1) is 0 Å². The summed E-state index contributed by atoms with van der Waals surface area (Å²) < 4.78 is 38.0. The van der Waals surface area contributed by atoms with Crippen molar-refractivity contribution >= 4 is 11.7 Å². The van der Waals surface area contributed by atoms with Crippen LogP contribution < -0.4 is 10.2 Å². The van der Waals surface area contributed by atoms with E-state index in [9.17, 15) is 18.0 Å². The Balaban J connectivity index is 2.44. The number of hydrogen-bond donors (Lipinski definition) is 1. The second-order valence-corrected chi connectivity index (χ2v) is 3.40. The van der Waals surface area contributed by atoms with Crippen LogP contribution in [-0.2, 0) is 6.18 Å². The van der Waals surface area contributed by atoms with E-state index < -0.39 is 17.8 Å². The third-order valence-electron chi connectivity index (χ3n) is 2.36. The molecule has 0 aliphatic carbocycles. The number of benzene rings is 1. The third-order valence-corrected chi connectivity index (χ3v) is 2.36. The molecule has 1 fully saturated rings. The van der Waals surface area contributed by atoms with E-state index in [1.165, 1.54) is 18.2 Å². The molecule has 2 rings (SSSR count). The largest absolute Gasteiger partial charge is 0.418 e. The highest BCUT2D eigenvalue weighted by Gasteiger charge is 2.36. The molecule has 1 saturated heterocycles. The lowest BCUT2D eigenvalue weighted by molar-refractivity contribution is -0.137. The lowest BCUT2D eigenvalue weighted by atomic mass is 10.1. The monoisotopic (exact) mass is 230 g/mol. The number of amides is 2. The van der Waals surface area contributed by atoms with Gasteiger partial charge in [-0.3, -0.25) is 4.90 Å². The van der Waals surface area contributed by atoms with E-state index in [0.29, 0.717) is 6.54 Å². The second kappa shape index (κ2) is 3.70. The molecule has 1 heterocycles. The first kappa shape index (κ1) is 10.8. The van der Waals surface area contributed by atoms with E-state index in [1.54, 1.807) is 0 Å². The van der Waals surface area contributed by atoms with Crippen LogP contribution in [0, 0.1) is 0 Å². The van der Waals surface area contributed by atoms with E-state index in [4.69, 9.17) is 0 Å². The third kappa shape index (κ3) is 1.82. The highest BCUT2D eigenvalue weighted by Crippen LogP contribution is 2.36. The molecule has 0 unspecified atom stereocenters. The number of nitrogens with zero attached hydrogens (tertiary/aromatic N) is 1. The number of para-hydroxylation sites is 1. The van der Waals surface area contributed by atoms with Crippen LogP contribution in [-0.4, -0.2) is 19.1 Å². The molecule has 0 spiro atoms. The van der Waals surface area contributed by atoms with Crippen LogP contribution in [0.2, 0.25) is 0 Å². The van der Waals surface area contributed by atoms with Crippen LogP contribution in [0.5, 0.6) is 0 Å². The van der Waals surface area contributed by atoms with Crippen molar-refractivity contribution in [3.63, 3.8) is 0 Å². The van der Waals surface area contributed by atoms with Gasteiger partial charge in [-0.1, -0.05) is 12.1 Å². The molecule has 0 radical (unpaired) electrons. The summed E-state index contributed by atoms with van der Waals surface area (Å²) in [6.07, 6.45) is -4.44. The van der Waals surface area contributed by atoms with Gasteiger partial charge >= 0.3 is 12.2 Å². The maximum atomic E-state index is 12.7. The van der Waals surface area contributed by atoms with Gasteiger partial charge in [-0.2, -0.15) is 13.2 Å². The van der Waals surface area contributed by atoms with E-state index in [-0.39, 0.29) is 12.2 Å². The molecule has 1 aromatic carbocycles. The molecule has 0 bridgehead atoms. The average molecular weight is 230 g/mol. The summed E-state index contributed by atoms with van der Waals surface area (Å²) in [7, 11) is 0. The van der Waals surface area contributed by atoms with Gasteiger partial charge in [0.25, 0.3) is 0 Å². The highest BCUT2D eigenvalue weighted by atomic mass is 19.4. The fraction of sp³-hybridized carbons (Fsp3) is 0.300. The van der Waals surface area contributed by atoms with Crippen molar-refractivity contribution < 1.29 is 18.0 Å². The molecule has 2 amide bonds. The Bertz CT molecular complexity index is 417. The second-order valence-electron chi connectivity index (χ2n) is 3.40. The van der Waals surface area contributed by atoms with Gasteiger partial charge in [0.2, 0.25) is 0 Å². The Morgan fingerprint density at radius 2 is 1.94 bits per heavy atom. The number of carbonyl (C=O) groups excluding carboxylic acids is 1. The van der Waals surface area contributed by atoms with Crippen molar-refractivity contribution in [2.45, 2.75) is 6.18 Å². The standard InChI is InChI=1S/C10H9F3N2O/c11-10(12,13)7-3-1-2-4-8(7)15-6-5-14-9(15)16/h1-4H,5-6H2,(H,14,16). The Kier molecular flexibility index (Phi) is 2.49. The van der Waals surface area contributed by atoms with Gasteiger partial charge in [0.1, 0.15) is 0 Å². The van der Waals surface area contributed by atoms with Gasteiger partial charge in [0, 0.05) is 13.1 Å². The molecule has 86 valence electrons. The van der Waals surface area contributed by atoms with Crippen LogP contribution >= 0.6 is 0 Å². The number of nitrogens with one attached hydrogen (secondary N) is 1. The Morgan fingerprint density at radius 1 is 1.25 bits per heavy atom. The van der Waals surface area contributed by atoms with Gasteiger partial charge in [0.15, 0.2) is 0 Å². The van der Waals surface area contributed by atoms with Gasteiger partial charge in [-0.05, 0) is 12.1 Å². The molecule has 3 nitrogen and oxygen atoms in total. The predicted octanol–water partition coefficient (Wildman–Crippen LogP) is 2.24. The molecular formula is C10H9F3N2O. The smallest absolute Gasteiger partial charge is 0.336 e. The van der Waals surface area contributed by atoms with Crippen LogP contribution in [0.25, 0.3) is 0 Å². The molecule has 0 aromatic heterocycles. The summed E-state index contributed by atoms with van der Waals surface area (Å²) in [5.74, 6) is 0. The van der Waals surface area contributed by atoms with Crippen molar-refractivity contribution in [1.82, 2.24) is 5.32 Å². The Labute approximate surface area is 89.9 Å². The topological polar surface area (TPSA) is 32.3 Å². The fourth-order valence-electron chi connectivity index (χ4n) is 1.65. The van der Waals surface area contributed by atoms with E-state index in [2.05, 4.69) is 5.32 Å². The number of anilines is 1. The number of rotatable bonds is 1. The van der Waals surface area contributed by atoms with Gasteiger partial charge in [0.05, 0.1) is 11.3 Å². The minimum Gasteiger partial charge on any atom is -0.336 e. The summed E-state index contributed by atoms with van der Waals surface area (Å²) in [6, 6.07) is 4.57. The molecule has 1 aliphatic heterocycles. The summed E-state index contributed by atoms with van der Waals surface area (Å²) >= 11 is 0. The van der Waals surface area contributed by atoms with Crippen molar-refractivity contribution in [3.05, 3.63) is 29.8 Å². The zero-order valence-electron chi connectivity index (χ0n) is 8.21. The van der Waals surface area contributed by atoms with Crippen molar-refractivity contribution in [3.8, 4) is 0 Å². The molecular weight excluding hydrogens is 221 g/mol. The molecule has 16 heavy (non-hydrogen) atoms. The maximum Gasteiger partial charge on any atom is 0.418 e. The minimum absolute atomic E-state index is 0.0926. The van der Waals surface area contributed by atoms with Crippen molar-refractivity contribution in [2.75, 3.05) is 18.0 Å². The van der Waals surface area contributed by atoms with Crippen LogP contribution in [0.15, 0.2) is 24.3 Å². The van der Waals surface area contributed by atoms with Crippen LogP contribution in [0.3, 0.4) is 0 Å². The number of urea groups is 1. The highest BCUT2D eigenvalue weighted by molar-refractivity contribution is 5.94. The first-order chi connectivity index (χ1) is 7.50. The maximum absolute atomic E-state index is 12.7. The zero-order chi connectivity index (χ0) is 11.8.